The first-order chi connectivity index (χ1) is 8.25. The van der Waals surface area contributed by atoms with Gasteiger partial charge in [0.05, 0.1) is 0 Å². The lowest BCUT2D eigenvalue weighted by molar-refractivity contribution is 0.643. The Morgan fingerprint density at radius 3 is 2.59 bits per heavy atom. The molecular weight excluding hydrogens is 210 g/mol. The van der Waals surface area contributed by atoms with Crippen LogP contribution in [-0.4, -0.2) is 16.3 Å². The molecule has 0 spiro atoms. The van der Waals surface area contributed by atoms with E-state index in [-0.39, 0.29) is 0 Å². The Balaban J connectivity index is 1.73. The van der Waals surface area contributed by atoms with E-state index in [0.717, 1.165) is 19.5 Å². The second kappa shape index (κ2) is 5.64. The summed E-state index contributed by atoms with van der Waals surface area (Å²) in [5.41, 5.74) is 3.91. The highest BCUT2D eigenvalue weighted by molar-refractivity contribution is 5.21. The third kappa shape index (κ3) is 3.43. The van der Waals surface area contributed by atoms with Crippen LogP contribution in [0, 0.1) is 6.92 Å². The van der Waals surface area contributed by atoms with E-state index in [1.165, 1.54) is 16.8 Å². The second-order valence-corrected chi connectivity index (χ2v) is 4.36. The molecule has 90 valence electrons. The standard InChI is InChI=1S/C14H19N3/c1-12-3-5-13(6-4-12)11-15-9-7-14-8-10-16-17(14)2/h3-6,8,10,15H,7,9,11H2,1-2H3. The Hall–Kier alpha value is -1.61. The number of benzene rings is 1. The van der Waals surface area contributed by atoms with E-state index in [4.69, 9.17) is 0 Å². The van der Waals surface area contributed by atoms with Crippen LogP contribution >= 0.6 is 0 Å². The number of nitrogens with zero attached hydrogens (tertiary/aromatic N) is 2. The molecule has 0 unspecified atom stereocenters. The molecule has 3 nitrogen and oxygen atoms in total. The van der Waals surface area contributed by atoms with E-state index < -0.39 is 0 Å². The number of hydrogen-bond donors (Lipinski definition) is 1. The van der Waals surface area contributed by atoms with Gasteiger partial charge >= 0.3 is 0 Å². The minimum atomic E-state index is 0.929. The minimum absolute atomic E-state index is 0.929. The fourth-order valence-electron chi connectivity index (χ4n) is 1.80. The molecule has 0 saturated heterocycles. The zero-order valence-electron chi connectivity index (χ0n) is 10.5. The summed E-state index contributed by atoms with van der Waals surface area (Å²) in [5.74, 6) is 0. The number of nitrogens with one attached hydrogen (secondary N) is 1. The van der Waals surface area contributed by atoms with Gasteiger partial charge in [-0.2, -0.15) is 5.10 Å². The maximum atomic E-state index is 4.15. The van der Waals surface area contributed by atoms with E-state index in [9.17, 15) is 0 Å². The largest absolute Gasteiger partial charge is 0.312 e. The molecule has 0 aliphatic rings. The van der Waals surface area contributed by atoms with Crippen molar-refractivity contribution >= 4 is 0 Å². The van der Waals surface area contributed by atoms with Crippen LogP contribution in [0.5, 0.6) is 0 Å². The molecule has 0 aliphatic heterocycles. The highest BCUT2D eigenvalue weighted by Gasteiger charge is 1.97. The van der Waals surface area contributed by atoms with Crippen LogP contribution in [0.1, 0.15) is 16.8 Å². The van der Waals surface area contributed by atoms with E-state index in [1.54, 1.807) is 0 Å². The summed E-state index contributed by atoms with van der Waals surface area (Å²) in [5, 5.41) is 7.60. The number of hydrogen-bond acceptors (Lipinski definition) is 2. The highest BCUT2D eigenvalue weighted by atomic mass is 15.3. The van der Waals surface area contributed by atoms with Crippen LogP contribution in [0.25, 0.3) is 0 Å². The predicted octanol–water partition coefficient (Wildman–Crippen LogP) is 2.06. The van der Waals surface area contributed by atoms with Crippen molar-refractivity contribution in [2.45, 2.75) is 19.9 Å². The van der Waals surface area contributed by atoms with Gasteiger partial charge in [-0.25, -0.2) is 0 Å². The normalized spacial score (nSPS) is 10.7. The first-order valence-corrected chi connectivity index (χ1v) is 5.99. The number of aromatic nitrogens is 2. The van der Waals surface area contributed by atoms with Gasteiger partial charge in [-0.3, -0.25) is 4.68 Å². The lowest BCUT2D eigenvalue weighted by Crippen LogP contribution is -2.17. The summed E-state index contributed by atoms with van der Waals surface area (Å²) in [6.45, 7) is 4.02. The number of aryl methyl sites for hydroxylation is 2. The van der Waals surface area contributed by atoms with Gasteiger partial charge in [0.2, 0.25) is 0 Å². The van der Waals surface area contributed by atoms with Gasteiger partial charge in [0.1, 0.15) is 0 Å². The van der Waals surface area contributed by atoms with Crippen LogP contribution in [-0.2, 0) is 20.0 Å². The molecule has 1 aromatic carbocycles. The summed E-state index contributed by atoms with van der Waals surface area (Å²) in [6.07, 6.45) is 2.86. The average molecular weight is 229 g/mol. The van der Waals surface area contributed by atoms with Crippen molar-refractivity contribution in [3.63, 3.8) is 0 Å². The van der Waals surface area contributed by atoms with Crippen molar-refractivity contribution in [1.82, 2.24) is 15.1 Å². The van der Waals surface area contributed by atoms with Gasteiger partial charge in [-0.05, 0) is 18.6 Å². The summed E-state index contributed by atoms with van der Waals surface area (Å²) >= 11 is 0. The lowest BCUT2D eigenvalue weighted by Gasteiger charge is -2.05. The summed E-state index contributed by atoms with van der Waals surface area (Å²) < 4.78 is 1.92. The minimum Gasteiger partial charge on any atom is -0.312 e. The molecule has 0 radical (unpaired) electrons. The Kier molecular flexibility index (Phi) is 3.94. The van der Waals surface area contributed by atoms with E-state index in [2.05, 4.69) is 47.7 Å². The van der Waals surface area contributed by atoms with Crippen molar-refractivity contribution in [2.24, 2.45) is 7.05 Å². The molecular formula is C14H19N3. The van der Waals surface area contributed by atoms with Crippen molar-refractivity contribution in [1.29, 1.82) is 0 Å². The Bertz CT molecular complexity index is 457. The summed E-state index contributed by atoms with van der Waals surface area (Å²) in [6, 6.07) is 10.7. The molecule has 0 atom stereocenters. The molecule has 0 saturated carbocycles. The fourth-order valence-corrected chi connectivity index (χ4v) is 1.80. The van der Waals surface area contributed by atoms with Crippen molar-refractivity contribution in [2.75, 3.05) is 6.54 Å². The lowest BCUT2D eigenvalue weighted by atomic mass is 10.1. The van der Waals surface area contributed by atoms with E-state index >= 15 is 0 Å². The Morgan fingerprint density at radius 1 is 1.18 bits per heavy atom. The molecule has 1 aromatic heterocycles. The van der Waals surface area contributed by atoms with Gasteiger partial charge < -0.3 is 5.32 Å². The van der Waals surface area contributed by atoms with Crippen molar-refractivity contribution < 1.29 is 0 Å². The Labute approximate surface area is 102 Å². The molecule has 0 amide bonds. The average Bonchev–Trinajstić information content (AvgIpc) is 2.73. The maximum Gasteiger partial charge on any atom is 0.0492 e. The summed E-state index contributed by atoms with van der Waals surface area (Å²) in [7, 11) is 1.98. The number of rotatable bonds is 5. The van der Waals surface area contributed by atoms with E-state index in [0.29, 0.717) is 0 Å². The topological polar surface area (TPSA) is 29.9 Å². The first kappa shape index (κ1) is 11.9. The SMILES string of the molecule is Cc1ccc(CNCCc2ccnn2C)cc1. The zero-order chi connectivity index (χ0) is 12.1. The van der Waals surface area contributed by atoms with Gasteiger partial charge in [-0.1, -0.05) is 29.8 Å². The van der Waals surface area contributed by atoms with Gasteiger partial charge in [0, 0.05) is 38.4 Å². The zero-order valence-corrected chi connectivity index (χ0v) is 10.5. The van der Waals surface area contributed by atoms with Crippen LogP contribution in [0.3, 0.4) is 0 Å². The van der Waals surface area contributed by atoms with Crippen molar-refractivity contribution in [3.05, 3.63) is 53.3 Å². The molecule has 0 fully saturated rings. The first-order valence-electron chi connectivity index (χ1n) is 5.99. The van der Waals surface area contributed by atoms with E-state index in [1.807, 2.05) is 17.9 Å². The molecule has 2 aromatic rings. The second-order valence-electron chi connectivity index (χ2n) is 4.36. The third-order valence-corrected chi connectivity index (χ3v) is 2.93. The summed E-state index contributed by atoms with van der Waals surface area (Å²) in [4.78, 5) is 0. The van der Waals surface area contributed by atoms with Crippen molar-refractivity contribution in [3.8, 4) is 0 Å². The van der Waals surface area contributed by atoms with Crippen LogP contribution in [0.15, 0.2) is 36.5 Å². The molecule has 1 heterocycles. The fraction of sp³-hybridized carbons (Fsp3) is 0.357. The Morgan fingerprint density at radius 2 is 1.94 bits per heavy atom. The molecule has 0 bridgehead atoms. The van der Waals surface area contributed by atoms with Gasteiger partial charge in [-0.15, -0.1) is 0 Å². The van der Waals surface area contributed by atoms with Crippen LogP contribution < -0.4 is 5.32 Å². The quantitative estimate of drug-likeness (QED) is 0.795. The predicted molar refractivity (Wildman–Crippen MR) is 69.8 cm³/mol. The molecule has 0 aliphatic carbocycles. The van der Waals surface area contributed by atoms with Crippen LogP contribution in [0.2, 0.25) is 0 Å². The van der Waals surface area contributed by atoms with Crippen LogP contribution in [0.4, 0.5) is 0 Å². The molecule has 1 N–H and O–H groups in total. The highest BCUT2D eigenvalue weighted by Crippen LogP contribution is 2.02. The van der Waals surface area contributed by atoms with Gasteiger partial charge in [0.15, 0.2) is 0 Å². The molecule has 17 heavy (non-hydrogen) atoms. The third-order valence-electron chi connectivity index (χ3n) is 2.93. The van der Waals surface area contributed by atoms with Gasteiger partial charge in [0.25, 0.3) is 0 Å². The monoisotopic (exact) mass is 229 g/mol. The smallest absolute Gasteiger partial charge is 0.0492 e. The maximum absolute atomic E-state index is 4.15. The molecule has 3 heteroatoms. The molecule has 2 rings (SSSR count).